The van der Waals surface area contributed by atoms with Gasteiger partial charge >= 0.3 is 5.97 Å². The van der Waals surface area contributed by atoms with E-state index in [4.69, 9.17) is 4.74 Å². The van der Waals surface area contributed by atoms with Gasteiger partial charge in [0.15, 0.2) is 0 Å². The molecule has 1 unspecified atom stereocenters. The van der Waals surface area contributed by atoms with Crippen molar-refractivity contribution in [3.05, 3.63) is 0 Å². The van der Waals surface area contributed by atoms with Gasteiger partial charge in [0.05, 0.1) is 13.0 Å². The van der Waals surface area contributed by atoms with E-state index in [9.17, 15) is 4.79 Å². The minimum absolute atomic E-state index is 0.0412. The molecule has 94 valence electrons. The first-order valence-electron chi connectivity index (χ1n) is 6.22. The van der Waals surface area contributed by atoms with Gasteiger partial charge in [-0.3, -0.25) is 4.79 Å². The van der Waals surface area contributed by atoms with Gasteiger partial charge in [-0.2, -0.15) is 0 Å². The predicted molar refractivity (Wildman–Crippen MR) is 65.3 cm³/mol. The van der Waals surface area contributed by atoms with E-state index in [0.29, 0.717) is 5.41 Å². The quantitative estimate of drug-likeness (QED) is 0.693. The Labute approximate surface area is 99.1 Å². The summed E-state index contributed by atoms with van der Waals surface area (Å²) in [6, 6.07) is 0. The maximum Gasteiger partial charge on any atom is 0.309 e. The molecule has 16 heavy (non-hydrogen) atoms. The Morgan fingerprint density at radius 3 is 2.69 bits per heavy atom. The molecule has 1 saturated heterocycles. The third kappa shape index (κ3) is 4.52. The molecule has 0 saturated carbocycles. The van der Waals surface area contributed by atoms with Crippen LogP contribution in [-0.4, -0.2) is 37.6 Å². The molecule has 0 aromatic carbocycles. The van der Waals surface area contributed by atoms with Crippen LogP contribution < -0.4 is 0 Å². The second-order valence-electron chi connectivity index (χ2n) is 5.97. The first-order chi connectivity index (χ1) is 7.42. The van der Waals surface area contributed by atoms with Crippen LogP contribution in [-0.2, 0) is 9.53 Å². The predicted octanol–water partition coefficient (Wildman–Crippen LogP) is 2.31. The van der Waals surface area contributed by atoms with E-state index in [0.717, 1.165) is 32.5 Å². The maximum atomic E-state index is 11.5. The number of carbonyl (C=O) groups is 1. The number of rotatable bonds is 3. The van der Waals surface area contributed by atoms with Gasteiger partial charge in [-0.25, -0.2) is 0 Å². The van der Waals surface area contributed by atoms with Crippen LogP contribution in [0.15, 0.2) is 0 Å². The Hall–Kier alpha value is -0.570. The van der Waals surface area contributed by atoms with Crippen molar-refractivity contribution in [1.82, 2.24) is 4.90 Å². The number of piperidine rings is 1. The molecule has 1 rings (SSSR count). The van der Waals surface area contributed by atoms with Crippen molar-refractivity contribution in [2.24, 2.45) is 11.3 Å². The largest absolute Gasteiger partial charge is 0.469 e. The van der Waals surface area contributed by atoms with E-state index in [1.807, 2.05) is 0 Å². The molecule has 0 aromatic heterocycles. The topological polar surface area (TPSA) is 29.5 Å². The summed E-state index contributed by atoms with van der Waals surface area (Å²) in [5.41, 5.74) is 0.373. The molecule has 1 heterocycles. The van der Waals surface area contributed by atoms with Crippen LogP contribution in [0.4, 0.5) is 0 Å². The van der Waals surface area contributed by atoms with Gasteiger partial charge in [0.2, 0.25) is 0 Å². The molecule has 0 bridgehead atoms. The number of ether oxygens (including phenoxy) is 1. The first kappa shape index (κ1) is 13.5. The summed E-state index contributed by atoms with van der Waals surface area (Å²) in [5, 5.41) is 0. The third-order valence-electron chi connectivity index (χ3n) is 3.22. The second kappa shape index (κ2) is 5.67. The number of carbonyl (C=O) groups excluding carboxylic acids is 1. The minimum Gasteiger partial charge on any atom is -0.469 e. The maximum absolute atomic E-state index is 11.5. The van der Waals surface area contributed by atoms with Gasteiger partial charge in [0.25, 0.3) is 0 Å². The van der Waals surface area contributed by atoms with Crippen molar-refractivity contribution in [1.29, 1.82) is 0 Å². The Kier molecular flexibility index (Phi) is 4.78. The monoisotopic (exact) mass is 227 g/mol. The summed E-state index contributed by atoms with van der Waals surface area (Å²) < 4.78 is 4.82. The summed E-state index contributed by atoms with van der Waals surface area (Å²) >= 11 is 0. The molecule has 0 amide bonds. The van der Waals surface area contributed by atoms with Crippen LogP contribution in [0.1, 0.15) is 40.0 Å². The Morgan fingerprint density at radius 2 is 2.12 bits per heavy atom. The fourth-order valence-corrected chi connectivity index (χ4v) is 2.11. The SMILES string of the molecule is COC(=O)C1CCCN(CCC(C)(C)C)C1. The van der Waals surface area contributed by atoms with E-state index in [1.54, 1.807) is 0 Å². The fraction of sp³-hybridized carbons (Fsp3) is 0.923. The van der Waals surface area contributed by atoms with Crippen LogP contribution in [0.5, 0.6) is 0 Å². The lowest BCUT2D eigenvalue weighted by molar-refractivity contribution is -0.147. The van der Waals surface area contributed by atoms with E-state index < -0.39 is 0 Å². The van der Waals surface area contributed by atoms with Crippen LogP contribution in [0, 0.1) is 11.3 Å². The molecule has 3 nitrogen and oxygen atoms in total. The number of nitrogens with zero attached hydrogens (tertiary/aromatic N) is 1. The highest BCUT2D eigenvalue weighted by atomic mass is 16.5. The van der Waals surface area contributed by atoms with Gasteiger partial charge in [0.1, 0.15) is 0 Å². The molecule has 1 aliphatic heterocycles. The Morgan fingerprint density at radius 1 is 1.44 bits per heavy atom. The van der Waals surface area contributed by atoms with Gasteiger partial charge < -0.3 is 9.64 Å². The molecule has 1 atom stereocenters. The summed E-state index contributed by atoms with van der Waals surface area (Å²) in [5.74, 6) is 0.0548. The van der Waals surface area contributed by atoms with Crippen LogP contribution in [0.3, 0.4) is 0 Å². The molecular formula is C13H25NO2. The molecule has 0 aliphatic carbocycles. The lowest BCUT2D eigenvalue weighted by Gasteiger charge is -2.33. The normalized spacial score (nSPS) is 23.1. The highest BCUT2D eigenvalue weighted by Crippen LogP contribution is 2.22. The van der Waals surface area contributed by atoms with E-state index >= 15 is 0 Å². The molecule has 0 aromatic rings. The van der Waals surface area contributed by atoms with Gasteiger partial charge in [-0.15, -0.1) is 0 Å². The second-order valence-corrected chi connectivity index (χ2v) is 5.97. The van der Waals surface area contributed by atoms with E-state index in [2.05, 4.69) is 25.7 Å². The summed E-state index contributed by atoms with van der Waals surface area (Å²) in [6.07, 6.45) is 3.28. The Bertz CT molecular complexity index is 233. The number of hydrogen-bond acceptors (Lipinski definition) is 3. The van der Waals surface area contributed by atoms with Gasteiger partial charge in [-0.1, -0.05) is 20.8 Å². The molecule has 1 aliphatic rings. The lowest BCUT2D eigenvalue weighted by Crippen LogP contribution is -2.40. The number of likely N-dealkylation sites (tertiary alicyclic amines) is 1. The molecular weight excluding hydrogens is 202 g/mol. The lowest BCUT2D eigenvalue weighted by atomic mass is 9.91. The standard InChI is InChI=1S/C13H25NO2/c1-13(2,3)7-9-14-8-5-6-11(10-14)12(15)16-4/h11H,5-10H2,1-4H3. The van der Waals surface area contributed by atoms with Crippen molar-refractivity contribution < 1.29 is 9.53 Å². The van der Waals surface area contributed by atoms with Crippen molar-refractivity contribution in [3.8, 4) is 0 Å². The zero-order chi connectivity index (χ0) is 12.2. The van der Waals surface area contributed by atoms with Crippen molar-refractivity contribution in [2.75, 3.05) is 26.7 Å². The van der Waals surface area contributed by atoms with E-state index in [-0.39, 0.29) is 11.9 Å². The van der Waals surface area contributed by atoms with E-state index in [1.165, 1.54) is 13.5 Å². The minimum atomic E-state index is -0.0412. The Balaban J connectivity index is 2.36. The summed E-state index contributed by atoms with van der Waals surface area (Å²) in [7, 11) is 1.48. The first-order valence-corrected chi connectivity index (χ1v) is 6.22. The zero-order valence-corrected chi connectivity index (χ0v) is 11.1. The molecule has 0 radical (unpaired) electrons. The number of esters is 1. The zero-order valence-electron chi connectivity index (χ0n) is 11.1. The average molecular weight is 227 g/mol. The number of hydrogen-bond donors (Lipinski definition) is 0. The molecule has 0 N–H and O–H groups in total. The summed E-state index contributed by atoms with van der Waals surface area (Å²) in [6.45, 7) is 9.88. The molecule has 1 fully saturated rings. The van der Waals surface area contributed by atoms with Crippen molar-refractivity contribution in [3.63, 3.8) is 0 Å². The summed E-state index contributed by atoms with van der Waals surface area (Å²) in [4.78, 5) is 13.9. The van der Waals surface area contributed by atoms with Crippen LogP contribution >= 0.6 is 0 Å². The third-order valence-corrected chi connectivity index (χ3v) is 3.22. The number of methoxy groups -OCH3 is 1. The fourth-order valence-electron chi connectivity index (χ4n) is 2.11. The van der Waals surface area contributed by atoms with Gasteiger partial charge in [0, 0.05) is 6.54 Å². The smallest absolute Gasteiger partial charge is 0.309 e. The molecule has 0 spiro atoms. The van der Waals surface area contributed by atoms with Gasteiger partial charge in [-0.05, 0) is 37.8 Å². The van der Waals surface area contributed by atoms with Crippen molar-refractivity contribution in [2.45, 2.75) is 40.0 Å². The highest BCUT2D eigenvalue weighted by Gasteiger charge is 2.26. The molecule has 3 heteroatoms. The average Bonchev–Trinajstić information content (AvgIpc) is 2.25. The van der Waals surface area contributed by atoms with Crippen LogP contribution in [0.2, 0.25) is 0 Å². The highest BCUT2D eigenvalue weighted by molar-refractivity contribution is 5.72. The van der Waals surface area contributed by atoms with Crippen molar-refractivity contribution >= 4 is 5.97 Å². The van der Waals surface area contributed by atoms with Crippen LogP contribution in [0.25, 0.3) is 0 Å².